The molecule has 0 amide bonds. The van der Waals surface area contributed by atoms with Crippen molar-refractivity contribution in [3.8, 4) is 0 Å². The van der Waals surface area contributed by atoms with E-state index in [9.17, 15) is 0 Å². The fourth-order valence-electron chi connectivity index (χ4n) is 1.41. The van der Waals surface area contributed by atoms with E-state index < -0.39 is 0 Å². The number of nitrogens with zero attached hydrogens (tertiary/aromatic N) is 2. The molecule has 2 heterocycles. The zero-order valence-electron chi connectivity index (χ0n) is 8.05. The van der Waals surface area contributed by atoms with Crippen LogP contribution in [0.4, 0.5) is 0 Å². The van der Waals surface area contributed by atoms with Crippen molar-refractivity contribution in [1.82, 2.24) is 9.55 Å². The van der Waals surface area contributed by atoms with Crippen molar-refractivity contribution in [1.29, 1.82) is 0 Å². The van der Waals surface area contributed by atoms with Gasteiger partial charge in [-0.1, -0.05) is 6.07 Å². The minimum absolute atomic E-state index is 0.0393. The van der Waals surface area contributed by atoms with Crippen LogP contribution >= 0.6 is 11.3 Å². The van der Waals surface area contributed by atoms with Crippen molar-refractivity contribution in [2.45, 2.75) is 19.5 Å². The molecule has 2 aromatic rings. The topological polar surface area (TPSA) is 43.8 Å². The third-order valence-electron chi connectivity index (χ3n) is 2.12. The summed E-state index contributed by atoms with van der Waals surface area (Å²) in [5.41, 5.74) is 6.91. The van der Waals surface area contributed by atoms with Crippen molar-refractivity contribution in [2.75, 3.05) is 0 Å². The van der Waals surface area contributed by atoms with E-state index >= 15 is 0 Å². The zero-order chi connectivity index (χ0) is 9.97. The summed E-state index contributed by atoms with van der Waals surface area (Å²) in [4.78, 5) is 5.44. The molecule has 14 heavy (non-hydrogen) atoms. The van der Waals surface area contributed by atoms with E-state index in [2.05, 4.69) is 27.1 Å². The van der Waals surface area contributed by atoms with Gasteiger partial charge in [-0.05, 0) is 18.4 Å². The maximum absolute atomic E-state index is 5.83. The molecule has 2 aromatic heterocycles. The Morgan fingerprint density at radius 3 is 3.14 bits per heavy atom. The van der Waals surface area contributed by atoms with Crippen LogP contribution in [0.25, 0.3) is 0 Å². The average molecular weight is 207 g/mol. The molecule has 2 N–H and O–H groups in total. The van der Waals surface area contributed by atoms with Crippen LogP contribution in [0.5, 0.6) is 0 Å². The lowest BCUT2D eigenvalue weighted by molar-refractivity contribution is 0.679. The van der Waals surface area contributed by atoms with Crippen molar-refractivity contribution in [2.24, 2.45) is 5.73 Å². The smallest absolute Gasteiger partial charge is 0.0952 e. The molecule has 4 heteroatoms. The van der Waals surface area contributed by atoms with Crippen LogP contribution in [-0.4, -0.2) is 9.55 Å². The highest BCUT2D eigenvalue weighted by Crippen LogP contribution is 2.14. The maximum Gasteiger partial charge on any atom is 0.0952 e. The lowest BCUT2D eigenvalue weighted by Crippen LogP contribution is -2.11. The van der Waals surface area contributed by atoms with Crippen LogP contribution in [0.1, 0.15) is 23.5 Å². The minimum atomic E-state index is 0.0393. The molecule has 0 radical (unpaired) electrons. The van der Waals surface area contributed by atoms with Crippen LogP contribution in [-0.2, 0) is 6.54 Å². The number of hydrogen-bond donors (Lipinski definition) is 1. The molecule has 0 spiro atoms. The second-order valence-corrected chi connectivity index (χ2v) is 4.35. The predicted octanol–water partition coefficient (Wildman–Crippen LogP) is 2.01. The molecule has 0 aliphatic carbocycles. The number of thiophene rings is 1. The van der Waals surface area contributed by atoms with Crippen LogP contribution in [0.3, 0.4) is 0 Å². The maximum atomic E-state index is 5.83. The van der Waals surface area contributed by atoms with Crippen LogP contribution < -0.4 is 5.73 Å². The predicted molar refractivity (Wildman–Crippen MR) is 58.3 cm³/mol. The minimum Gasteiger partial charge on any atom is -0.328 e. The first-order valence-corrected chi connectivity index (χ1v) is 5.43. The largest absolute Gasteiger partial charge is 0.328 e. The molecule has 0 saturated carbocycles. The standard InChI is InChI=1S/C10H13N3S/c1-8(11)10-5-12-7-13(10)6-9-3-2-4-14-9/h2-5,7-8H,6,11H2,1H3/t8-/m0/s1. The summed E-state index contributed by atoms with van der Waals surface area (Å²) in [5, 5.41) is 2.08. The number of aromatic nitrogens is 2. The van der Waals surface area contributed by atoms with Gasteiger partial charge in [0.15, 0.2) is 0 Å². The Morgan fingerprint density at radius 2 is 2.50 bits per heavy atom. The van der Waals surface area contributed by atoms with Gasteiger partial charge >= 0.3 is 0 Å². The third kappa shape index (κ3) is 1.86. The summed E-state index contributed by atoms with van der Waals surface area (Å²) >= 11 is 1.75. The molecule has 0 saturated heterocycles. The van der Waals surface area contributed by atoms with Gasteiger partial charge in [-0.15, -0.1) is 11.3 Å². The monoisotopic (exact) mass is 207 g/mol. The second-order valence-electron chi connectivity index (χ2n) is 3.31. The molecule has 3 nitrogen and oxygen atoms in total. The SMILES string of the molecule is C[C@H](N)c1cncn1Cc1cccs1. The molecule has 0 aliphatic rings. The van der Waals surface area contributed by atoms with Crippen molar-refractivity contribution in [3.05, 3.63) is 40.6 Å². The summed E-state index contributed by atoms with van der Waals surface area (Å²) in [6.07, 6.45) is 3.66. The summed E-state index contributed by atoms with van der Waals surface area (Å²) < 4.78 is 2.09. The Balaban J connectivity index is 2.21. The lowest BCUT2D eigenvalue weighted by Gasteiger charge is -2.09. The van der Waals surface area contributed by atoms with Gasteiger partial charge in [0.25, 0.3) is 0 Å². The van der Waals surface area contributed by atoms with Gasteiger partial charge in [0, 0.05) is 17.1 Å². The third-order valence-corrected chi connectivity index (χ3v) is 2.98. The summed E-state index contributed by atoms with van der Waals surface area (Å²) in [5.74, 6) is 0. The van der Waals surface area contributed by atoms with Gasteiger partial charge in [-0.3, -0.25) is 0 Å². The molecule has 0 aliphatic heterocycles. The molecule has 1 atom stereocenters. The Bertz CT molecular complexity index is 389. The fourth-order valence-corrected chi connectivity index (χ4v) is 2.12. The first-order valence-electron chi connectivity index (χ1n) is 4.55. The molecular weight excluding hydrogens is 194 g/mol. The molecule has 0 bridgehead atoms. The molecule has 2 rings (SSSR count). The second kappa shape index (κ2) is 3.94. The number of hydrogen-bond acceptors (Lipinski definition) is 3. The summed E-state index contributed by atoms with van der Waals surface area (Å²) in [6.45, 7) is 2.84. The van der Waals surface area contributed by atoms with Gasteiger partial charge < -0.3 is 10.3 Å². The van der Waals surface area contributed by atoms with Gasteiger partial charge in [0.1, 0.15) is 0 Å². The number of imidazole rings is 1. The highest BCUT2D eigenvalue weighted by atomic mass is 32.1. The lowest BCUT2D eigenvalue weighted by atomic mass is 10.2. The number of rotatable bonds is 3. The summed E-state index contributed by atoms with van der Waals surface area (Å²) in [6, 6.07) is 4.22. The molecular formula is C10H13N3S. The van der Waals surface area contributed by atoms with Gasteiger partial charge in [-0.2, -0.15) is 0 Å². The molecule has 0 aromatic carbocycles. The Hall–Kier alpha value is -1.13. The molecule has 0 fully saturated rings. The quantitative estimate of drug-likeness (QED) is 0.836. The van der Waals surface area contributed by atoms with Gasteiger partial charge in [0.2, 0.25) is 0 Å². The van der Waals surface area contributed by atoms with E-state index in [1.807, 2.05) is 19.4 Å². The zero-order valence-corrected chi connectivity index (χ0v) is 8.87. The van der Waals surface area contributed by atoms with Gasteiger partial charge in [-0.25, -0.2) is 4.98 Å². The van der Waals surface area contributed by atoms with E-state index in [0.29, 0.717) is 0 Å². The van der Waals surface area contributed by atoms with Crippen LogP contribution in [0, 0.1) is 0 Å². The molecule has 74 valence electrons. The Morgan fingerprint density at radius 1 is 1.64 bits per heavy atom. The summed E-state index contributed by atoms with van der Waals surface area (Å²) in [7, 11) is 0. The Labute approximate surface area is 87.2 Å². The van der Waals surface area contributed by atoms with Crippen molar-refractivity contribution < 1.29 is 0 Å². The normalized spacial score (nSPS) is 13.0. The molecule has 0 unspecified atom stereocenters. The van der Waals surface area contributed by atoms with E-state index in [0.717, 1.165) is 12.2 Å². The van der Waals surface area contributed by atoms with E-state index in [1.54, 1.807) is 11.3 Å². The van der Waals surface area contributed by atoms with Gasteiger partial charge in [0.05, 0.1) is 18.6 Å². The highest BCUT2D eigenvalue weighted by Gasteiger charge is 2.06. The van der Waals surface area contributed by atoms with Crippen molar-refractivity contribution in [3.63, 3.8) is 0 Å². The fraction of sp³-hybridized carbons (Fsp3) is 0.300. The Kier molecular flexibility index (Phi) is 2.65. The highest BCUT2D eigenvalue weighted by molar-refractivity contribution is 7.09. The van der Waals surface area contributed by atoms with Crippen LogP contribution in [0.2, 0.25) is 0 Å². The van der Waals surface area contributed by atoms with Crippen LogP contribution in [0.15, 0.2) is 30.0 Å². The first kappa shape index (κ1) is 9.43. The van der Waals surface area contributed by atoms with E-state index in [4.69, 9.17) is 5.73 Å². The van der Waals surface area contributed by atoms with E-state index in [1.165, 1.54) is 4.88 Å². The number of nitrogens with two attached hydrogens (primary N) is 1. The van der Waals surface area contributed by atoms with E-state index in [-0.39, 0.29) is 6.04 Å². The average Bonchev–Trinajstić information content (AvgIpc) is 2.75. The van der Waals surface area contributed by atoms with Crippen molar-refractivity contribution >= 4 is 11.3 Å². The first-order chi connectivity index (χ1) is 6.77.